The van der Waals surface area contributed by atoms with Crippen molar-refractivity contribution in [2.75, 3.05) is 25.3 Å². The summed E-state index contributed by atoms with van der Waals surface area (Å²) in [5, 5.41) is 20.8. The molecule has 0 saturated carbocycles. The number of benzene rings is 1. The van der Waals surface area contributed by atoms with Gasteiger partial charge in [0.2, 0.25) is 6.79 Å². The fourth-order valence-electron chi connectivity index (χ4n) is 1.36. The molecule has 0 saturated heterocycles. The zero-order valence-corrected chi connectivity index (χ0v) is 8.14. The molecule has 0 bridgehead atoms. The van der Waals surface area contributed by atoms with Crippen molar-refractivity contribution in [2.24, 2.45) is 0 Å². The molecule has 0 spiro atoms. The zero-order chi connectivity index (χ0) is 10.7. The second-order valence-corrected chi connectivity index (χ2v) is 3.26. The summed E-state index contributed by atoms with van der Waals surface area (Å²) >= 11 is 0. The Balaban J connectivity index is 2.06. The van der Waals surface area contributed by atoms with Crippen LogP contribution >= 0.6 is 0 Å². The lowest BCUT2D eigenvalue weighted by molar-refractivity contribution is 0.105. The van der Waals surface area contributed by atoms with E-state index in [4.69, 9.17) is 14.6 Å². The number of para-hydroxylation sites is 1. The highest BCUT2D eigenvalue weighted by Gasteiger charge is 2.17. The van der Waals surface area contributed by atoms with Crippen LogP contribution in [0.25, 0.3) is 0 Å². The van der Waals surface area contributed by atoms with E-state index in [1.807, 2.05) is 18.2 Å². The fraction of sp³-hybridized carbons (Fsp3) is 0.400. The molecule has 82 valence electrons. The third kappa shape index (κ3) is 2.14. The lowest BCUT2D eigenvalue weighted by atomic mass is 10.2. The highest BCUT2D eigenvalue weighted by atomic mass is 16.7. The molecule has 5 heteroatoms. The maximum atomic E-state index is 9.18. The van der Waals surface area contributed by atoms with Gasteiger partial charge in [0, 0.05) is 6.54 Å². The first-order valence-electron chi connectivity index (χ1n) is 4.72. The van der Waals surface area contributed by atoms with Crippen molar-refractivity contribution in [3.63, 3.8) is 0 Å². The molecule has 1 aromatic rings. The third-order valence-corrected chi connectivity index (χ3v) is 2.14. The van der Waals surface area contributed by atoms with Crippen LogP contribution in [0.2, 0.25) is 0 Å². The number of hydrogen-bond donors (Lipinski definition) is 3. The van der Waals surface area contributed by atoms with Crippen molar-refractivity contribution < 1.29 is 19.7 Å². The second kappa shape index (κ2) is 4.37. The zero-order valence-electron chi connectivity index (χ0n) is 8.14. The second-order valence-electron chi connectivity index (χ2n) is 3.26. The highest BCUT2D eigenvalue weighted by Crippen LogP contribution is 2.38. The Morgan fingerprint density at radius 2 is 2.27 bits per heavy atom. The molecule has 1 unspecified atom stereocenters. The number of ether oxygens (including phenoxy) is 2. The van der Waals surface area contributed by atoms with Crippen LogP contribution < -0.4 is 14.8 Å². The minimum absolute atomic E-state index is 0.219. The van der Waals surface area contributed by atoms with E-state index in [9.17, 15) is 5.11 Å². The lowest BCUT2D eigenvalue weighted by Crippen LogP contribution is -2.23. The number of anilines is 1. The molecule has 0 aliphatic carbocycles. The summed E-state index contributed by atoms with van der Waals surface area (Å²) in [7, 11) is 0. The molecule has 0 aromatic heterocycles. The molecular weight excluding hydrogens is 198 g/mol. The average Bonchev–Trinajstić information content (AvgIpc) is 2.74. The number of aliphatic hydroxyl groups is 2. The molecule has 1 aliphatic heterocycles. The molecule has 15 heavy (non-hydrogen) atoms. The largest absolute Gasteiger partial charge is 0.454 e. The van der Waals surface area contributed by atoms with Crippen LogP contribution in [0.3, 0.4) is 0 Å². The van der Waals surface area contributed by atoms with Crippen LogP contribution in [0.1, 0.15) is 0 Å². The molecular formula is C10H13NO4. The van der Waals surface area contributed by atoms with Gasteiger partial charge in [0.15, 0.2) is 11.5 Å². The SMILES string of the molecule is OCC(O)CNc1cccc2c1OCO2. The van der Waals surface area contributed by atoms with Crippen molar-refractivity contribution in [3.05, 3.63) is 18.2 Å². The Kier molecular flexibility index (Phi) is 2.94. The van der Waals surface area contributed by atoms with E-state index in [-0.39, 0.29) is 19.9 Å². The van der Waals surface area contributed by atoms with Crippen molar-refractivity contribution in [1.29, 1.82) is 0 Å². The van der Waals surface area contributed by atoms with Crippen molar-refractivity contribution in [3.8, 4) is 11.5 Å². The van der Waals surface area contributed by atoms with Gasteiger partial charge in [0.05, 0.1) is 18.4 Å². The normalized spacial score (nSPS) is 15.1. The quantitative estimate of drug-likeness (QED) is 0.662. The van der Waals surface area contributed by atoms with Gasteiger partial charge in [-0.05, 0) is 12.1 Å². The topological polar surface area (TPSA) is 71.0 Å². The van der Waals surface area contributed by atoms with Crippen LogP contribution in [0, 0.1) is 0 Å². The summed E-state index contributed by atoms with van der Waals surface area (Å²) in [4.78, 5) is 0. The fourth-order valence-corrected chi connectivity index (χ4v) is 1.36. The van der Waals surface area contributed by atoms with Gasteiger partial charge >= 0.3 is 0 Å². The van der Waals surface area contributed by atoms with Crippen molar-refractivity contribution in [1.82, 2.24) is 0 Å². The molecule has 1 aliphatic rings. The molecule has 0 amide bonds. The van der Waals surface area contributed by atoms with Gasteiger partial charge in [0.25, 0.3) is 0 Å². The van der Waals surface area contributed by atoms with Gasteiger partial charge in [-0.2, -0.15) is 0 Å². The molecule has 1 heterocycles. The summed E-state index contributed by atoms with van der Waals surface area (Å²) in [6, 6.07) is 5.48. The minimum Gasteiger partial charge on any atom is -0.454 e. The first-order chi connectivity index (χ1) is 7.31. The van der Waals surface area contributed by atoms with Gasteiger partial charge in [-0.25, -0.2) is 0 Å². The summed E-state index contributed by atoms with van der Waals surface area (Å²) in [5.74, 6) is 1.35. The number of nitrogens with one attached hydrogen (secondary N) is 1. The van der Waals surface area contributed by atoms with Gasteiger partial charge in [-0.1, -0.05) is 6.07 Å². The van der Waals surface area contributed by atoms with Crippen LogP contribution in [0.4, 0.5) is 5.69 Å². The molecule has 0 radical (unpaired) electrons. The van der Waals surface area contributed by atoms with Gasteiger partial charge in [-0.3, -0.25) is 0 Å². The van der Waals surface area contributed by atoms with Crippen LogP contribution in [-0.4, -0.2) is 36.3 Å². The smallest absolute Gasteiger partial charge is 0.231 e. The lowest BCUT2D eigenvalue weighted by Gasteiger charge is -2.11. The van der Waals surface area contributed by atoms with Gasteiger partial charge in [0.1, 0.15) is 0 Å². The minimum atomic E-state index is -0.775. The van der Waals surface area contributed by atoms with Crippen molar-refractivity contribution >= 4 is 5.69 Å². The van der Waals surface area contributed by atoms with E-state index in [1.165, 1.54) is 0 Å². The van der Waals surface area contributed by atoms with E-state index < -0.39 is 6.10 Å². The van der Waals surface area contributed by atoms with Crippen LogP contribution in [0.5, 0.6) is 11.5 Å². The first-order valence-corrected chi connectivity index (χ1v) is 4.72. The summed E-state index contributed by atoms with van der Waals surface area (Å²) in [6.07, 6.45) is -0.775. The summed E-state index contributed by atoms with van der Waals surface area (Å²) in [5.41, 5.74) is 0.762. The number of fused-ring (bicyclic) bond motifs is 1. The first kappa shape index (κ1) is 10.1. The maximum absolute atomic E-state index is 9.18. The number of aliphatic hydroxyl groups excluding tert-OH is 2. The van der Waals surface area contributed by atoms with Crippen LogP contribution in [0.15, 0.2) is 18.2 Å². The Hall–Kier alpha value is -1.46. The molecule has 1 atom stereocenters. The molecule has 0 fully saturated rings. The average molecular weight is 211 g/mol. The van der Waals surface area contributed by atoms with E-state index in [0.717, 1.165) is 5.69 Å². The number of rotatable bonds is 4. The summed E-state index contributed by atoms with van der Waals surface area (Å²) in [6.45, 7) is 0.228. The standard InChI is InChI=1S/C10H13NO4/c12-5-7(13)4-11-8-2-1-3-9-10(8)15-6-14-9/h1-3,7,11-13H,4-6H2. The Morgan fingerprint density at radius 1 is 1.40 bits per heavy atom. The maximum Gasteiger partial charge on any atom is 0.231 e. The summed E-state index contributed by atoms with van der Waals surface area (Å²) < 4.78 is 10.5. The van der Waals surface area contributed by atoms with Gasteiger partial charge in [-0.15, -0.1) is 0 Å². The Morgan fingerprint density at radius 3 is 3.07 bits per heavy atom. The van der Waals surface area contributed by atoms with E-state index in [0.29, 0.717) is 11.5 Å². The van der Waals surface area contributed by atoms with E-state index in [2.05, 4.69) is 5.32 Å². The third-order valence-electron chi connectivity index (χ3n) is 2.14. The molecule has 1 aromatic carbocycles. The monoisotopic (exact) mass is 211 g/mol. The molecule has 5 nitrogen and oxygen atoms in total. The van der Waals surface area contributed by atoms with Crippen LogP contribution in [-0.2, 0) is 0 Å². The predicted octanol–water partition coefficient (Wildman–Crippen LogP) is 0.180. The Bertz CT molecular complexity index is 342. The van der Waals surface area contributed by atoms with E-state index >= 15 is 0 Å². The Labute approximate surface area is 87.3 Å². The predicted molar refractivity (Wildman–Crippen MR) is 54.1 cm³/mol. The molecule has 2 rings (SSSR count). The van der Waals surface area contributed by atoms with E-state index in [1.54, 1.807) is 0 Å². The van der Waals surface area contributed by atoms with Crippen molar-refractivity contribution in [2.45, 2.75) is 6.10 Å². The molecule has 3 N–H and O–H groups in total. The van der Waals surface area contributed by atoms with Gasteiger partial charge < -0.3 is 25.0 Å². The highest BCUT2D eigenvalue weighted by molar-refractivity contribution is 5.64. The number of hydrogen-bond acceptors (Lipinski definition) is 5.